The molecule has 5 heteroatoms. The number of carbonyl (C=O) groups is 1. The third-order valence-corrected chi connectivity index (χ3v) is 3.85. The molecule has 1 unspecified atom stereocenters. The predicted molar refractivity (Wildman–Crippen MR) is 85.8 cm³/mol. The van der Waals surface area contributed by atoms with Crippen molar-refractivity contribution in [1.82, 2.24) is 5.32 Å². The van der Waals surface area contributed by atoms with Crippen molar-refractivity contribution in [3.8, 4) is 0 Å². The first-order chi connectivity index (χ1) is 10.4. The molecular formula is C17H20ClNO3. The van der Waals surface area contributed by atoms with Crippen molar-refractivity contribution in [2.24, 2.45) is 0 Å². The van der Waals surface area contributed by atoms with Gasteiger partial charge in [0.1, 0.15) is 17.1 Å². The molecule has 0 saturated heterocycles. The van der Waals surface area contributed by atoms with E-state index in [1.54, 1.807) is 25.1 Å². The molecule has 1 heterocycles. The first kappa shape index (κ1) is 16.6. The van der Waals surface area contributed by atoms with Gasteiger partial charge >= 0.3 is 0 Å². The molecule has 0 saturated carbocycles. The van der Waals surface area contributed by atoms with E-state index in [9.17, 15) is 9.90 Å². The Morgan fingerprint density at radius 2 is 2.05 bits per heavy atom. The average molecular weight is 322 g/mol. The molecule has 1 atom stereocenters. The Balaban J connectivity index is 1.84. The van der Waals surface area contributed by atoms with Crippen molar-refractivity contribution in [3.63, 3.8) is 0 Å². The van der Waals surface area contributed by atoms with Gasteiger partial charge in [0.15, 0.2) is 0 Å². The number of rotatable bonds is 6. The van der Waals surface area contributed by atoms with E-state index in [1.165, 1.54) is 0 Å². The van der Waals surface area contributed by atoms with Crippen LogP contribution in [0.15, 0.2) is 40.8 Å². The zero-order valence-electron chi connectivity index (χ0n) is 12.7. The molecule has 2 rings (SSSR count). The molecule has 22 heavy (non-hydrogen) atoms. The van der Waals surface area contributed by atoms with Crippen LogP contribution in [0, 0.1) is 6.92 Å². The van der Waals surface area contributed by atoms with Crippen molar-refractivity contribution in [2.45, 2.75) is 32.3 Å². The highest BCUT2D eigenvalue weighted by molar-refractivity contribution is 6.31. The zero-order valence-corrected chi connectivity index (χ0v) is 13.5. The summed E-state index contributed by atoms with van der Waals surface area (Å²) in [5, 5.41) is 13.7. The molecule has 0 radical (unpaired) electrons. The van der Waals surface area contributed by atoms with E-state index in [1.807, 2.05) is 25.1 Å². The third-order valence-electron chi connectivity index (χ3n) is 3.48. The van der Waals surface area contributed by atoms with E-state index < -0.39 is 5.60 Å². The highest BCUT2D eigenvalue weighted by Crippen LogP contribution is 2.22. The Labute approximate surface area is 135 Å². The Morgan fingerprint density at radius 3 is 2.68 bits per heavy atom. The molecule has 2 aromatic rings. The molecule has 1 aromatic carbocycles. The molecule has 1 aromatic heterocycles. The van der Waals surface area contributed by atoms with Crippen molar-refractivity contribution in [2.75, 3.05) is 6.54 Å². The Bertz CT molecular complexity index is 649. The number of aliphatic hydroxyl groups is 1. The SMILES string of the molecule is Cc1ccc(C(C)(O)CNC(=O)CCc2ccccc2Cl)o1. The van der Waals surface area contributed by atoms with Crippen molar-refractivity contribution in [3.05, 3.63) is 58.5 Å². The van der Waals surface area contributed by atoms with E-state index >= 15 is 0 Å². The highest BCUT2D eigenvalue weighted by Gasteiger charge is 2.27. The van der Waals surface area contributed by atoms with Crippen LogP contribution in [0.1, 0.15) is 30.4 Å². The second-order valence-electron chi connectivity index (χ2n) is 5.55. The van der Waals surface area contributed by atoms with Gasteiger partial charge in [0.2, 0.25) is 5.91 Å². The minimum Gasteiger partial charge on any atom is -0.463 e. The van der Waals surface area contributed by atoms with E-state index in [-0.39, 0.29) is 12.5 Å². The summed E-state index contributed by atoms with van der Waals surface area (Å²) in [4.78, 5) is 11.9. The fourth-order valence-corrected chi connectivity index (χ4v) is 2.35. The molecule has 0 fully saturated rings. The zero-order chi connectivity index (χ0) is 16.2. The number of benzene rings is 1. The molecule has 2 N–H and O–H groups in total. The van der Waals surface area contributed by atoms with E-state index in [4.69, 9.17) is 16.0 Å². The summed E-state index contributed by atoms with van der Waals surface area (Å²) in [7, 11) is 0. The lowest BCUT2D eigenvalue weighted by atomic mass is 10.0. The van der Waals surface area contributed by atoms with E-state index in [0.29, 0.717) is 23.6 Å². The lowest BCUT2D eigenvalue weighted by Crippen LogP contribution is -2.38. The van der Waals surface area contributed by atoms with Gasteiger partial charge in [0, 0.05) is 11.4 Å². The first-order valence-corrected chi connectivity index (χ1v) is 7.56. The minimum absolute atomic E-state index is 0.0985. The molecule has 0 bridgehead atoms. The van der Waals surface area contributed by atoms with Crippen molar-refractivity contribution in [1.29, 1.82) is 0 Å². The number of hydrogen-bond donors (Lipinski definition) is 2. The molecule has 0 aliphatic carbocycles. The Hall–Kier alpha value is -1.78. The minimum atomic E-state index is -1.23. The van der Waals surface area contributed by atoms with E-state index in [2.05, 4.69) is 5.32 Å². The van der Waals surface area contributed by atoms with Gasteiger partial charge in [0.05, 0.1) is 6.54 Å². The second-order valence-corrected chi connectivity index (χ2v) is 5.96. The van der Waals surface area contributed by atoms with Crippen LogP contribution in [0.3, 0.4) is 0 Å². The summed E-state index contributed by atoms with van der Waals surface area (Å²) in [6.45, 7) is 3.52. The number of amides is 1. The number of furan rings is 1. The van der Waals surface area contributed by atoms with Gasteiger partial charge in [-0.1, -0.05) is 29.8 Å². The molecule has 0 aliphatic rings. The van der Waals surface area contributed by atoms with Crippen LogP contribution in [0.4, 0.5) is 0 Å². The molecular weight excluding hydrogens is 302 g/mol. The molecule has 4 nitrogen and oxygen atoms in total. The largest absolute Gasteiger partial charge is 0.463 e. The van der Waals surface area contributed by atoms with Crippen LogP contribution < -0.4 is 5.32 Å². The Kier molecular flexibility index (Phi) is 5.27. The lowest BCUT2D eigenvalue weighted by Gasteiger charge is -2.21. The predicted octanol–water partition coefficient (Wildman–Crippen LogP) is 3.20. The second kappa shape index (κ2) is 6.99. The number of nitrogens with one attached hydrogen (secondary N) is 1. The summed E-state index contributed by atoms with van der Waals surface area (Å²) in [5.41, 5.74) is -0.290. The maximum atomic E-state index is 11.9. The number of hydrogen-bond acceptors (Lipinski definition) is 3. The third kappa shape index (κ3) is 4.36. The quantitative estimate of drug-likeness (QED) is 0.859. The lowest BCUT2D eigenvalue weighted by molar-refractivity contribution is -0.122. The number of halogens is 1. The molecule has 0 aliphatic heterocycles. The van der Waals surface area contributed by atoms with Crippen LogP contribution in [0.25, 0.3) is 0 Å². The smallest absolute Gasteiger partial charge is 0.220 e. The molecule has 118 valence electrons. The van der Waals surface area contributed by atoms with Gasteiger partial charge in [-0.3, -0.25) is 4.79 Å². The topological polar surface area (TPSA) is 62.5 Å². The van der Waals surface area contributed by atoms with Crippen LogP contribution in [-0.2, 0) is 16.8 Å². The maximum absolute atomic E-state index is 11.9. The summed E-state index contributed by atoms with van der Waals surface area (Å²) in [6, 6.07) is 10.9. The van der Waals surface area contributed by atoms with Gasteiger partial charge in [-0.2, -0.15) is 0 Å². The monoisotopic (exact) mass is 321 g/mol. The van der Waals surface area contributed by atoms with Gasteiger partial charge in [-0.25, -0.2) is 0 Å². The van der Waals surface area contributed by atoms with Crippen LogP contribution in [0.5, 0.6) is 0 Å². The summed E-state index contributed by atoms with van der Waals surface area (Å²) in [5.74, 6) is 1.03. The van der Waals surface area contributed by atoms with Gasteiger partial charge in [0.25, 0.3) is 0 Å². The maximum Gasteiger partial charge on any atom is 0.220 e. The van der Waals surface area contributed by atoms with Crippen LogP contribution in [0.2, 0.25) is 5.02 Å². The van der Waals surface area contributed by atoms with Gasteiger partial charge in [-0.05, 0) is 44.0 Å². The van der Waals surface area contributed by atoms with Crippen molar-refractivity contribution < 1.29 is 14.3 Å². The summed E-state index contributed by atoms with van der Waals surface area (Å²) < 4.78 is 5.41. The van der Waals surface area contributed by atoms with Gasteiger partial charge in [-0.15, -0.1) is 0 Å². The molecule has 0 spiro atoms. The normalized spacial score (nSPS) is 13.6. The molecule has 1 amide bonds. The van der Waals surface area contributed by atoms with E-state index in [0.717, 1.165) is 11.3 Å². The standard InChI is InChI=1S/C17H20ClNO3/c1-12-7-9-15(22-12)17(2,21)11-19-16(20)10-8-13-5-3-4-6-14(13)18/h3-7,9,21H,8,10-11H2,1-2H3,(H,19,20). The van der Waals surface area contributed by atoms with Crippen molar-refractivity contribution >= 4 is 17.5 Å². The fourth-order valence-electron chi connectivity index (χ4n) is 2.12. The van der Waals surface area contributed by atoms with Gasteiger partial charge < -0.3 is 14.8 Å². The fraction of sp³-hybridized carbons (Fsp3) is 0.353. The average Bonchev–Trinajstić information content (AvgIpc) is 2.92. The number of aryl methyl sites for hydroxylation is 2. The summed E-state index contributed by atoms with van der Waals surface area (Å²) in [6.07, 6.45) is 0.879. The van der Waals surface area contributed by atoms with Crippen LogP contribution in [-0.4, -0.2) is 17.6 Å². The number of carbonyl (C=O) groups excluding carboxylic acids is 1. The highest BCUT2D eigenvalue weighted by atomic mass is 35.5. The van der Waals surface area contributed by atoms with Crippen LogP contribution >= 0.6 is 11.6 Å². The summed E-state index contributed by atoms with van der Waals surface area (Å²) >= 11 is 6.06. The first-order valence-electron chi connectivity index (χ1n) is 7.18. The Morgan fingerprint density at radius 1 is 1.32 bits per heavy atom.